The topological polar surface area (TPSA) is 27.7 Å². The zero-order valence-electron chi connectivity index (χ0n) is 12.2. The Morgan fingerprint density at radius 1 is 1.44 bits per heavy atom. The van der Waals surface area contributed by atoms with Gasteiger partial charge in [-0.15, -0.1) is 0 Å². The molecule has 2 atom stereocenters. The third kappa shape index (κ3) is 3.44. The molecule has 0 aromatic carbocycles. The second kappa shape index (κ2) is 6.33. The average molecular weight is 255 g/mol. The standard InChI is InChI=1S/C14H29N3O/c1-4-15-10-14(6-8-18-12-14)11-17-7-5-13(9-17)16(2)3/h13,15H,4-12H2,1-3H3. The van der Waals surface area contributed by atoms with Crippen molar-refractivity contribution in [1.29, 1.82) is 0 Å². The summed E-state index contributed by atoms with van der Waals surface area (Å²) in [5, 5.41) is 3.52. The molecule has 0 spiro atoms. The van der Waals surface area contributed by atoms with Crippen molar-refractivity contribution in [2.45, 2.75) is 25.8 Å². The van der Waals surface area contributed by atoms with Gasteiger partial charge in [-0.3, -0.25) is 0 Å². The van der Waals surface area contributed by atoms with Gasteiger partial charge in [-0.2, -0.15) is 0 Å². The fourth-order valence-electron chi connectivity index (χ4n) is 3.21. The third-order valence-corrected chi connectivity index (χ3v) is 4.47. The minimum Gasteiger partial charge on any atom is -0.381 e. The lowest BCUT2D eigenvalue weighted by Crippen LogP contribution is -2.45. The quantitative estimate of drug-likeness (QED) is 0.754. The molecule has 4 nitrogen and oxygen atoms in total. The van der Waals surface area contributed by atoms with Gasteiger partial charge in [-0.1, -0.05) is 6.92 Å². The van der Waals surface area contributed by atoms with E-state index in [-0.39, 0.29) is 0 Å². The summed E-state index contributed by atoms with van der Waals surface area (Å²) in [5.74, 6) is 0. The molecule has 0 aromatic heterocycles. The Morgan fingerprint density at radius 3 is 2.83 bits per heavy atom. The Kier molecular flexibility index (Phi) is 5.01. The van der Waals surface area contributed by atoms with Crippen LogP contribution in [0.3, 0.4) is 0 Å². The van der Waals surface area contributed by atoms with E-state index in [4.69, 9.17) is 4.74 Å². The van der Waals surface area contributed by atoms with Crippen molar-refractivity contribution in [3.8, 4) is 0 Å². The van der Waals surface area contributed by atoms with Gasteiger partial charge in [0.05, 0.1) is 6.61 Å². The summed E-state index contributed by atoms with van der Waals surface area (Å²) in [7, 11) is 4.39. The number of likely N-dealkylation sites (tertiary alicyclic amines) is 1. The highest BCUT2D eigenvalue weighted by atomic mass is 16.5. The van der Waals surface area contributed by atoms with E-state index in [1.165, 1.54) is 32.5 Å². The Bertz CT molecular complexity index is 251. The molecule has 2 rings (SSSR count). The van der Waals surface area contributed by atoms with E-state index in [0.29, 0.717) is 5.41 Å². The van der Waals surface area contributed by atoms with Gasteiger partial charge in [0.2, 0.25) is 0 Å². The predicted molar refractivity (Wildman–Crippen MR) is 74.9 cm³/mol. The highest BCUT2D eigenvalue weighted by Crippen LogP contribution is 2.30. The van der Waals surface area contributed by atoms with Crippen LogP contribution in [-0.4, -0.2) is 75.9 Å². The van der Waals surface area contributed by atoms with E-state index in [1.54, 1.807) is 0 Å². The second-order valence-corrected chi connectivity index (χ2v) is 6.22. The van der Waals surface area contributed by atoms with E-state index in [2.05, 4.69) is 36.1 Å². The van der Waals surface area contributed by atoms with Gasteiger partial charge in [-0.05, 0) is 40.0 Å². The first-order valence-corrected chi connectivity index (χ1v) is 7.32. The lowest BCUT2D eigenvalue weighted by Gasteiger charge is -2.32. The Morgan fingerprint density at radius 2 is 2.28 bits per heavy atom. The van der Waals surface area contributed by atoms with E-state index in [0.717, 1.165) is 32.3 Å². The Balaban J connectivity index is 1.86. The lowest BCUT2D eigenvalue weighted by molar-refractivity contribution is 0.116. The van der Waals surface area contributed by atoms with E-state index in [9.17, 15) is 0 Å². The summed E-state index contributed by atoms with van der Waals surface area (Å²) in [4.78, 5) is 5.00. The van der Waals surface area contributed by atoms with Crippen molar-refractivity contribution < 1.29 is 4.74 Å². The van der Waals surface area contributed by atoms with Gasteiger partial charge >= 0.3 is 0 Å². The Labute approximate surface area is 112 Å². The van der Waals surface area contributed by atoms with Gasteiger partial charge in [-0.25, -0.2) is 0 Å². The molecule has 0 aliphatic carbocycles. The van der Waals surface area contributed by atoms with Gasteiger partial charge in [0, 0.05) is 37.7 Å². The summed E-state index contributed by atoms with van der Waals surface area (Å²) >= 11 is 0. The first-order valence-electron chi connectivity index (χ1n) is 7.32. The van der Waals surface area contributed by atoms with E-state index in [1.807, 2.05) is 0 Å². The molecule has 2 fully saturated rings. The molecule has 2 aliphatic heterocycles. The van der Waals surface area contributed by atoms with Crippen molar-refractivity contribution in [2.24, 2.45) is 5.41 Å². The van der Waals surface area contributed by atoms with Crippen LogP contribution < -0.4 is 5.32 Å². The molecule has 2 aliphatic rings. The molecular weight excluding hydrogens is 226 g/mol. The van der Waals surface area contributed by atoms with Crippen molar-refractivity contribution in [2.75, 3.05) is 60.0 Å². The first kappa shape index (κ1) is 14.3. The smallest absolute Gasteiger partial charge is 0.0547 e. The van der Waals surface area contributed by atoms with Crippen LogP contribution in [0.25, 0.3) is 0 Å². The van der Waals surface area contributed by atoms with Gasteiger partial charge in [0.1, 0.15) is 0 Å². The van der Waals surface area contributed by atoms with Crippen LogP contribution >= 0.6 is 0 Å². The lowest BCUT2D eigenvalue weighted by atomic mass is 9.86. The minimum absolute atomic E-state index is 0.358. The average Bonchev–Trinajstić information content (AvgIpc) is 2.97. The minimum atomic E-state index is 0.358. The zero-order chi connectivity index (χ0) is 13.0. The molecule has 0 saturated carbocycles. The molecule has 0 amide bonds. The summed E-state index contributed by atoms with van der Waals surface area (Å²) < 4.78 is 5.67. The number of likely N-dealkylation sites (N-methyl/N-ethyl adjacent to an activating group) is 1. The third-order valence-electron chi connectivity index (χ3n) is 4.47. The zero-order valence-corrected chi connectivity index (χ0v) is 12.2. The van der Waals surface area contributed by atoms with E-state index < -0.39 is 0 Å². The van der Waals surface area contributed by atoms with Crippen LogP contribution in [0.15, 0.2) is 0 Å². The van der Waals surface area contributed by atoms with Crippen molar-refractivity contribution in [3.05, 3.63) is 0 Å². The van der Waals surface area contributed by atoms with Crippen molar-refractivity contribution in [3.63, 3.8) is 0 Å². The van der Waals surface area contributed by atoms with Crippen LogP contribution in [0.4, 0.5) is 0 Å². The maximum absolute atomic E-state index is 5.67. The molecule has 2 saturated heterocycles. The summed E-state index contributed by atoms with van der Waals surface area (Å²) in [6, 6.07) is 0.739. The maximum atomic E-state index is 5.67. The number of hydrogen-bond donors (Lipinski definition) is 1. The van der Waals surface area contributed by atoms with Crippen LogP contribution in [-0.2, 0) is 4.74 Å². The van der Waals surface area contributed by atoms with E-state index >= 15 is 0 Å². The molecule has 0 aromatic rings. The van der Waals surface area contributed by atoms with Gasteiger partial charge in [0.25, 0.3) is 0 Å². The molecular formula is C14H29N3O. The van der Waals surface area contributed by atoms with Crippen LogP contribution in [0.5, 0.6) is 0 Å². The maximum Gasteiger partial charge on any atom is 0.0547 e. The van der Waals surface area contributed by atoms with Crippen molar-refractivity contribution >= 4 is 0 Å². The highest BCUT2D eigenvalue weighted by molar-refractivity contribution is 4.91. The van der Waals surface area contributed by atoms with Crippen molar-refractivity contribution in [1.82, 2.24) is 15.1 Å². The monoisotopic (exact) mass is 255 g/mol. The fourth-order valence-corrected chi connectivity index (χ4v) is 3.21. The second-order valence-electron chi connectivity index (χ2n) is 6.22. The summed E-state index contributed by atoms with van der Waals surface area (Å²) in [6.07, 6.45) is 2.52. The molecule has 4 heteroatoms. The largest absolute Gasteiger partial charge is 0.381 e. The SMILES string of the molecule is CCNCC1(CN2CCC(N(C)C)C2)CCOC1. The molecule has 0 bridgehead atoms. The molecule has 1 N–H and O–H groups in total. The normalized spacial score (nSPS) is 33.7. The molecule has 2 heterocycles. The van der Waals surface area contributed by atoms with Gasteiger partial charge < -0.3 is 19.9 Å². The fraction of sp³-hybridized carbons (Fsp3) is 1.00. The first-order chi connectivity index (χ1) is 8.65. The van der Waals surface area contributed by atoms with Crippen LogP contribution in [0.1, 0.15) is 19.8 Å². The summed E-state index contributed by atoms with van der Waals surface area (Å²) in [6.45, 7) is 9.89. The molecule has 18 heavy (non-hydrogen) atoms. The highest BCUT2D eigenvalue weighted by Gasteiger charge is 2.38. The number of nitrogens with zero attached hydrogens (tertiary/aromatic N) is 2. The molecule has 106 valence electrons. The molecule has 2 unspecified atom stereocenters. The predicted octanol–water partition coefficient (Wildman–Crippen LogP) is 0.639. The number of rotatable bonds is 6. The Hall–Kier alpha value is -0.160. The van der Waals surface area contributed by atoms with Gasteiger partial charge in [0.15, 0.2) is 0 Å². The number of nitrogens with one attached hydrogen (secondary N) is 1. The molecule has 0 radical (unpaired) electrons. The van der Waals surface area contributed by atoms with Crippen LogP contribution in [0.2, 0.25) is 0 Å². The number of ether oxygens (including phenoxy) is 1. The summed E-state index contributed by atoms with van der Waals surface area (Å²) in [5.41, 5.74) is 0.358. The number of hydrogen-bond acceptors (Lipinski definition) is 4. The van der Waals surface area contributed by atoms with Crippen LogP contribution in [0, 0.1) is 5.41 Å².